The molecule has 7 heteroatoms. The van der Waals surface area contributed by atoms with Crippen LogP contribution in [0.3, 0.4) is 0 Å². The van der Waals surface area contributed by atoms with E-state index in [1.807, 2.05) is 6.92 Å². The molecule has 0 saturated heterocycles. The lowest BCUT2D eigenvalue weighted by atomic mass is 10.1. The molecule has 6 nitrogen and oxygen atoms in total. The minimum Gasteiger partial charge on any atom is -0.465 e. The van der Waals surface area contributed by atoms with E-state index in [0.717, 1.165) is 6.54 Å². The van der Waals surface area contributed by atoms with Crippen molar-refractivity contribution in [2.45, 2.75) is 12.7 Å². The lowest BCUT2D eigenvalue weighted by Gasteiger charge is -2.08. The van der Waals surface area contributed by atoms with E-state index in [1.165, 1.54) is 13.2 Å². The van der Waals surface area contributed by atoms with Gasteiger partial charge in [-0.2, -0.15) is 0 Å². The smallest absolute Gasteiger partial charge is 0.337 e. The standard InChI is InChI=1S/C13H20N2O4S/c1-3-14-7-8-15-20(17,18)10-11-5-4-6-12(9-11)13(16)19-2/h4-6,9,14-15H,3,7-8,10H2,1-2H3. The van der Waals surface area contributed by atoms with Crippen LogP contribution >= 0.6 is 0 Å². The van der Waals surface area contributed by atoms with E-state index in [-0.39, 0.29) is 5.75 Å². The van der Waals surface area contributed by atoms with Crippen LogP contribution in [0.5, 0.6) is 0 Å². The molecule has 0 aliphatic rings. The Morgan fingerprint density at radius 3 is 2.70 bits per heavy atom. The first-order valence-electron chi connectivity index (χ1n) is 6.34. The summed E-state index contributed by atoms with van der Waals surface area (Å²) in [6, 6.07) is 6.40. The van der Waals surface area contributed by atoms with Crippen molar-refractivity contribution < 1.29 is 17.9 Å². The Balaban J connectivity index is 2.65. The molecule has 20 heavy (non-hydrogen) atoms. The van der Waals surface area contributed by atoms with Crippen LogP contribution in [0.25, 0.3) is 0 Å². The van der Waals surface area contributed by atoms with Gasteiger partial charge in [0, 0.05) is 13.1 Å². The zero-order valence-electron chi connectivity index (χ0n) is 11.7. The van der Waals surface area contributed by atoms with E-state index in [1.54, 1.807) is 18.2 Å². The van der Waals surface area contributed by atoms with E-state index in [4.69, 9.17) is 0 Å². The molecule has 0 atom stereocenters. The number of ether oxygens (including phenoxy) is 1. The van der Waals surface area contributed by atoms with Crippen LogP contribution < -0.4 is 10.0 Å². The first-order chi connectivity index (χ1) is 9.48. The summed E-state index contributed by atoms with van der Waals surface area (Å²) in [5.41, 5.74) is 0.886. The van der Waals surface area contributed by atoms with Crippen LogP contribution in [0.4, 0.5) is 0 Å². The van der Waals surface area contributed by atoms with Crippen molar-refractivity contribution in [1.29, 1.82) is 0 Å². The zero-order chi connectivity index (χ0) is 15.0. The van der Waals surface area contributed by atoms with Crippen molar-refractivity contribution in [2.75, 3.05) is 26.7 Å². The number of methoxy groups -OCH3 is 1. The maximum Gasteiger partial charge on any atom is 0.337 e. The second kappa shape index (κ2) is 7.98. The number of benzene rings is 1. The summed E-state index contributed by atoms with van der Waals surface area (Å²) in [7, 11) is -2.12. The lowest BCUT2D eigenvalue weighted by Crippen LogP contribution is -2.32. The second-order valence-electron chi connectivity index (χ2n) is 4.20. The Labute approximate surface area is 119 Å². The number of rotatable bonds is 8. The molecule has 1 rings (SSSR count). The number of sulfonamides is 1. The van der Waals surface area contributed by atoms with E-state index >= 15 is 0 Å². The molecule has 0 spiro atoms. The van der Waals surface area contributed by atoms with Crippen molar-refractivity contribution in [3.63, 3.8) is 0 Å². The third-order valence-electron chi connectivity index (χ3n) is 2.58. The topological polar surface area (TPSA) is 84.5 Å². The molecular formula is C13H20N2O4S. The van der Waals surface area contributed by atoms with Crippen LogP contribution in [0.15, 0.2) is 24.3 Å². The van der Waals surface area contributed by atoms with Crippen LogP contribution in [-0.4, -0.2) is 41.1 Å². The predicted octanol–water partition coefficient (Wildman–Crippen LogP) is 0.502. The molecule has 0 heterocycles. The average Bonchev–Trinajstić information content (AvgIpc) is 2.42. The molecule has 1 aromatic rings. The Morgan fingerprint density at radius 2 is 2.05 bits per heavy atom. The first kappa shape index (κ1) is 16.6. The number of likely N-dealkylation sites (N-methyl/N-ethyl adjacent to an activating group) is 1. The largest absolute Gasteiger partial charge is 0.465 e. The molecule has 112 valence electrons. The minimum absolute atomic E-state index is 0.163. The fourth-order valence-corrected chi connectivity index (χ4v) is 2.78. The van der Waals surface area contributed by atoms with E-state index in [0.29, 0.717) is 24.2 Å². The summed E-state index contributed by atoms with van der Waals surface area (Å²) in [5, 5.41) is 3.03. The quantitative estimate of drug-likeness (QED) is 0.539. The number of carbonyl (C=O) groups excluding carboxylic acids is 1. The van der Waals surface area contributed by atoms with Gasteiger partial charge in [-0.1, -0.05) is 19.1 Å². The number of carbonyl (C=O) groups is 1. The highest BCUT2D eigenvalue weighted by Gasteiger charge is 2.12. The molecule has 1 aromatic carbocycles. The normalized spacial score (nSPS) is 11.3. The fourth-order valence-electron chi connectivity index (χ4n) is 1.65. The summed E-state index contributed by atoms with van der Waals surface area (Å²) in [4.78, 5) is 11.4. The monoisotopic (exact) mass is 300 g/mol. The molecule has 0 radical (unpaired) electrons. The summed E-state index contributed by atoms with van der Waals surface area (Å²) in [5.74, 6) is -0.645. The van der Waals surface area contributed by atoms with Gasteiger partial charge in [0.15, 0.2) is 0 Å². The number of hydrogen-bond donors (Lipinski definition) is 2. The fraction of sp³-hybridized carbons (Fsp3) is 0.462. The Hall–Kier alpha value is -1.44. The molecule has 0 bridgehead atoms. The van der Waals surface area contributed by atoms with Gasteiger partial charge in [0.25, 0.3) is 0 Å². The SMILES string of the molecule is CCNCCNS(=O)(=O)Cc1cccc(C(=O)OC)c1. The van der Waals surface area contributed by atoms with Gasteiger partial charge in [0.05, 0.1) is 18.4 Å². The summed E-state index contributed by atoms with van der Waals surface area (Å²) in [6.45, 7) is 3.67. The lowest BCUT2D eigenvalue weighted by molar-refractivity contribution is 0.0600. The Bertz CT molecular complexity index is 543. The highest BCUT2D eigenvalue weighted by molar-refractivity contribution is 7.88. The number of hydrogen-bond acceptors (Lipinski definition) is 5. The van der Waals surface area contributed by atoms with Crippen molar-refractivity contribution in [3.05, 3.63) is 35.4 Å². The third-order valence-corrected chi connectivity index (χ3v) is 3.94. The van der Waals surface area contributed by atoms with Gasteiger partial charge in [-0.3, -0.25) is 0 Å². The molecule has 0 fully saturated rings. The van der Waals surface area contributed by atoms with Gasteiger partial charge in [-0.05, 0) is 24.2 Å². The van der Waals surface area contributed by atoms with Crippen LogP contribution in [-0.2, 0) is 20.5 Å². The maximum absolute atomic E-state index is 11.9. The third kappa shape index (κ3) is 5.68. The molecule has 0 saturated carbocycles. The number of esters is 1. The summed E-state index contributed by atoms with van der Waals surface area (Å²) < 4.78 is 30.8. The molecule has 0 aliphatic heterocycles. The van der Waals surface area contributed by atoms with Crippen molar-refractivity contribution >= 4 is 16.0 Å². The maximum atomic E-state index is 11.9. The van der Waals surface area contributed by atoms with Gasteiger partial charge < -0.3 is 10.1 Å². The summed E-state index contributed by atoms with van der Waals surface area (Å²) in [6.07, 6.45) is 0. The summed E-state index contributed by atoms with van der Waals surface area (Å²) >= 11 is 0. The van der Waals surface area contributed by atoms with Crippen LogP contribution in [0, 0.1) is 0 Å². The molecule has 0 unspecified atom stereocenters. The van der Waals surface area contributed by atoms with E-state index < -0.39 is 16.0 Å². The molecule has 0 aliphatic carbocycles. The minimum atomic E-state index is -3.41. The van der Waals surface area contributed by atoms with Gasteiger partial charge in [0.1, 0.15) is 0 Å². The molecule has 0 aromatic heterocycles. The van der Waals surface area contributed by atoms with Crippen molar-refractivity contribution in [1.82, 2.24) is 10.0 Å². The number of nitrogens with one attached hydrogen (secondary N) is 2. The highest BCUT2D eigenvalue weighted by Crippen LogP contribution is 2.09. The molecular weight excluding hydrogens is 280 g/mol. The van der Waals surface area contributed by atoms with Gasteiger partial charge >= 0.3 is 5.97 Å². The molecule has 2 N–H and O–H groups in total. The van der Waals surface area contributed by atoms with Crippen molar-refractivity contribution in [2.24, 2.45) is 0 Å². The Kier molecular flexibility index (Phi) is 6.63. The van der Waals surface area contributed by atoms with Crippen molar-refractivity contribution in [3.8, 4) is 0 Å². The van der Waals surface area contributed by atoms with Gasteiger partial charge in [0.2, 0.25) is 10.0 Å². The van der Waals surface area contributed by atoms with Gasteiger partial charge in [-0.25, -0.2) is 17.9 Å². The molecule has 0 amide bonds. The average molecular weight is 300 g/mol. The van der Waals surface area contributed by atoms with E-state index in [2.05, 4.69) is 14.8 Å². The first-order valence-corrected chi connectivity index (χ1v) is 7.99. The second-order valence-corrected chi connectivity index (χ2v) is 6.01. The zero-order valence-corrected chi connectivity index (χ0v) is 12.5. The predicted molar refractivity (Wildman–Crippen MR) is 77.0 cm³/mol. The van der Waals surface area contributed by atoms with Crippen LogP contribution in [0.1, 0.15) is 22.8 Å². The van der Waals surface area contributed by atoms with E-state index in [9.17, 15) is 13.2 Å². The van der Waals surface area contributed by atoms with Gasteiger partial charge in [-0.15, -0.1) is 0 Å². The van der Waals surface area contributed by atoms with Crippen LogP contribution in [0.2, 0.25) is 0 Å². The Morgan fingerprint density at radius 1 is 1.30 bits per heavy atom. The highest BCUT2D eigenvalue weighted by atomic mass is 32.2.